The number of fused-ring (bicyclic) bond motifs is 1. The van der Waals surface area contributed by atoms with Crippen molar-refractivity contribution in [1.82, 2.24) is 4.90 Å². The number of nitrogens with two attached hydrogens (primary N) is 1. The Labute approximate surface area is 213 Å². The summed E-state index contributed by atoms with van der Waals surface area (Å²) in [5.74, 6) is -1.20. The lowest BCUT2D eigenvalue weighted by Gasteiger charge is -2.31. The number of likely N-dealkylation sites (tertiary alicyclic amines) is 1. The molecule has 1 atom stereocenters. The smallest absolute Gasteiger partial charge is 0.303 e. The van der Waals surface area contributed by atoms with Crippen molar-refractivity contribution in [3.8, 4) is 0 Å². The minimum Gasteiger partial charge on any atom is -0.364 e. The van der Waals surface area contributed by atoms with Crippen molar-refractivity contribution in [1.29, 1.82) is 0 Å². The molecule has 3 N–H and O–H groups in total. The molecule has 1 amide bonds. The van der Waals surface area contributed by atoms with Gasteiger partial charge in [0.15, 0.2) is 0 Å². The largest absolute Gasteiger partial charge is 0.364 e. The number of hydrogen-bond donors (Lipinski definition) is 2. The molecule has 2 aromatic rings. The molecule has 3 aliphatic rings. The zero-order valence-electron chi connectivity index (χ0n) is 20.5. The van der Waals surface area contributed by atoms with Crippen molar-refractivity contribution in [2.45, 2.75) is 26.2 Å². The zero-order chi connectivity index (χ0) is 26.2. The number of aliphatic imine (C=N–C) groups is 2. The molecular weight excluding hydrogens is 476 g/mol. The summed E-state index contributed by atoms with van der Waals surface area (Å²) in [7, 11) is 0. The van der Waals surface area contributed by atoms with Crippen LogP contribution in [0.2, 0.25) is 0 Å². The predicted molar refractivity (Wildman–Crippen MR) is 137 cm³/mol. The molecule has 9 heteroatoms. The number of benzene rings is 2. The van der Waals surface area contributed by atoms with E-state index in [1.807, 2.05) is 6.92 Å². The molecule has 5 rings (SSSR count). The second-order valence-corrected chi connectivity index (χ2v) is 9.45. The van der Waals surface area contributed by atoms with E-state index in [-0.39, 0.29) is 23.2 Å². The number of carbonyl (C=O) groups excluding carboxylic acids is 1. The van der Waals surface area contributed by atoms with Crippen molar-refractivity contribution < 1.29 is 23.4 Å². The molecule has 3 heterocycles. The van der Waals surface area contributed by atoms with Crippen LogP contribution in [-0.4, -0.2) is 52.3 Å². The number of rotatable bonds is 6. The minimum atomic E-state index is -0.753. The molecule has 3 aliphatic heterocycles. The van der Waals surface area contributed by atoms with E-state index < -0.39 is 10.6 Å². The summed E-state index contributed by atoms with van der Waals surface area (Å²) in [5, 5.41) is 10.9. The number of halogens is 2. The molecule has 0 spiro atoms. The highest BCUT2D eigenvalue weighted by Gasteiger charge is 2.42. The van der Waals surface area contributed by atoms with E-state index in [1.54, 1.807) is 30.5 Å². The fraction of sp³-hybridized carbons (Fsp3) is 0.250. The van der Waals surface area contributed by atoms with Crippen LogP contribution in [0.15, 0.2) is 87.4 Å². The van der Waals surface area contributed by atoms with Crippen molar-refractivity contribution >= 4 is 23.5 Å². The molecule has 0 aliphatic carbocycles. The number of nitrogens with zero attached hydrogens (tertiary/aromatic N) is 4. The molecular formula is C28H28F2N5O2+. The van der Waals surface area contributed by atoms with Gasteiger partial charge in [-0.05, 0) is 67.2 Å². The number of quaternary nitrogens is 1. The van der Waals surface area contributed by atoms with Crippen LogP contribution in [0.3, 0.4) is 0 Å². The topological polar surface area (TPSA) is 91.3 Å². The summed E-state index contributed by atoms with van der Waals surface area (Å²) in [6.07, 6.45) is 5.23. The average Bonchev–Trinajstić information content (AvgIpc) is 3.22. The number of hydroxylamine groups is 3. The molecule has 0 bridgehead atoms. The Morgan fingerprint density at radius 1 is 1.03 bits per heavy atom. The van der Waals surface area contributed by atoms with Crippen molar-refractivity contribution in [3.05, 3.63) is 100 Å². The highest BCUT2D eigenvalue weighted by molar-refractivity contribution is 6.01. The summed E-state index contributed by atoms with van der Waals surface area (Å²) >= 11 is 0. The van der Waals surface area contributed by atoms with Gasteiger partial charge in [-0.3, -0.25) is 4.79 Å². The van der Waals surface area contributed by atoms with Gasteiger partial charge in [-0.25, -0.2) is 8.78 Å². The number of amides is 1. The van der Waals surface area contributed by atoms with E-state index in [4.69, 9.17) is 5.73 Å². The normalized spacial score (nSPS) is 21.6. The molecule has 7 nitrogen and oxygen atoms in total. The highest BCUT2D eigenvalue weighted by Crippen LogP contribution is 2.34. The van der Waals surface area contributed by atoms with Gasteiger partial charge in [0.1, 0.15) is 17.8 Å². The predicted octanol–water partition coefficient (Wildman–Crippen LogP) is 4.51. The molecule has 0 radical (unpaired) electrons. The number of primary amides is 1. The Kier molecular flexibility index (Phi) is 6.68. The van der Waals surface area contributed by atoms with E-state index in [9.17, 15) is 18.8 Å². The highest BCUT2D eigenvalue weighted by atomic mass is 19.1. The first-order valence-corrected chi connectivity index (χ1v) is 12.2. The van der Waals surface area contributed by atoms with E-state index in [2.05, 4.69) is 14.9 Å². The first-order valence-electron chi connectivity index (χ1n) is 12.2. The van der Waals surface area contributed by atoms with Crippen LogP contribution >= 0.6 is 0 Å². The summed E-state index contributed by atoms with van der Waals surface area (Å²) in [6.45, 7) is 4.28. The van der Waals surface area contributed by atoms with Crippen molar-refractivity contribution in [3.63, 3.8) is 0 Å². The van der Waals surface area contributed by atoms with Gasteiger partial charge in [0, 0.05) is 25.2 Å². The van der Waals surface area contributed by atoms with Crippen LogP contribution in [0.1, 0.15) is 37.3 Å². The summed E-state index contributed by atoms with van der Waals surface area (Å²) < 4.78 is 26.4. The Bertz CT molecular complexity index is 1330. The average molecular weight is 505 g/mol. The molecule has 2 aromatic carbocycles. The van der Waals surface area contributed by atoms with Crippen LogP contribution < -0.4 is 5.73 Å². The fourth-order valence-corrected chi connectivity index (χ4v) is 5.02. The minimum absolute atomic E-state index is 0.0365. The second-order valence-electron chi connectivity index (χ2n) is 9.45. The second kappa shape index (κ2) is 9.93. The van der Waals surface area contributed by atoms with Crippen molar-refractivity contribution in [2.24, 2.45) is 15.7 Å². The lowest BCUT2D eigenvalue weighted by atomic mass is 9.88. The summed E-state index contributed by atoms with van der Waals surface area (Å²) in [5.41, 5.74) is 11.0. The van der Waals surface area contributed by atoms with Crippen LogP contribution in [0.25, 0.3) is 5.57 Å². The summed E-state index contributed by atoms with van der Waals surface area (Å²) in [6, 6.07) is 12.9. The van der Waals surface area contributed by atoms with Gasteiger partial charge in [0.2, 0.25) is 12.0 Å². The molecule has 1 saturated heterocycles. The Balaban J connectivity index is 1.30. The number of carbonyl (C=O) groups is 1. The van der Waals surface area contributed by atoms with Crippen LogP contribution in [-0.2, 0) is 4.79 Å². The molecule has 0 aromatic heterocycles. The maximum absolute atomic E-state index is 13.6. The lowest BCUT2D eigenvalue weighted by molar-refractivity contribution is -0.951. The molecule has 1 fully saturated rings. The first kappa shape index (κ1) is 24.9. The zero-order valence-corrected chi connectivity index (χ0v) is 20.5. The standard InChI is InChI=1S/C28H27F2N5O2/c1-18-22(16-35(37)17-32-26(27(31)36)28(35)33-18)12-15-34-13-10-21(11-14-34)25(19-2-6-23(29)7-3-19)20-4-8-24(30)9-5-20/h2-9,16-17,37H,10-15H2,1H3,(H-,31,36)/p+1. The van der Waals surface area contributed by atoms with E-state index >= 15 is 0 Å². The molecule has 0 saturated carbocycles. The van der Waals surface area contributed by atoms with Gasteiger partial charge in [0.25, 0.3) is 5.91 Å². The molecule has 190 valence electrons. The molecule has 1 unspecified atom stereocenters. The Morgan fingerprint density at radius 3 is 2.14 bits per heavy atom. The third kappa shape index (κ3) is 5.06. The van der Waals surface area contributed by atoms with Gasteiger partial charge in [0.05, 0.1) is 5.71 Å². The number of hydrogen-bond acceptors (Lipinski definition) is 5. The van der Waals surface area contributed by atoms with E-state index in [0.29, 0.717) is 6.42 Å². The summed E-state index contributed by atoms with van der Waals surface area (Å²) in [4.78, 5) is 22.3. The third-order valence-corrected chi connectivity index (χ3v) is 7.01. The van der Waals surface area contributed by atoms with Gasteiger partial charge >= 0.3 is 5.82 Å². The first-order chi connectivity index (χ1) is 17.7. The molecule has 37 heavy (non-hydrogen) atoms. The van der Waals surface area contributed by atoms with Gasteiger partial charge < -0.3 is 10.6 Å². The van der Waals surface area contributed by atoms with Crippen molar-refractivity contribution in [2.75, 3.05) is 19.6 Å². The van der Waals surface area contributed by atoms with Crippen LogP contribution in [0.4, 0.5) is 8.78 Å². The monoisotopic (exact) mass is 504 g/mol. The lowest BCUT2D eigenvalue weighted by Crippen LogP contribution is -2.39. The number of piperidine rings is 1. The van der Waals surface area contributed by atoms with E-state index in [0.717, 1.165) is 60.5 Å². The maximum atomic E-state index is 13.6. The van der Waals surface area contributed by atoms with Gasteiger partial charge in [-0.1, -0.05) is 34.5 Å². The van der Waals surface area contributed by atoms with Crippen LogP contribution in [0.5, 0.6) is 0 Å². The maximum Gasteiger partial charge on any atom is 0.303 e. The van der Waals surface area contributed by atoms with E-state index in [1.165, 1.54) is 36.2 Å². The fourth-order valence-electron chi connectivity index (χ4n) is 5.02. The Hall–Kier alpha value is -3.79. The van der Waals surface area contributed by atoms with Crippen LogP contribution in [0, 0.1) is 11.6 Å². The Morgan fingerprint density at radius 2 is 1.59 bits per heavy atom. The quantitative estimate of drug-likeness (QED) is 0.567. The van der Waals surface area contributed by atoms with Gasteiger partial charge in [-0.15, -0.1) is 0 Å². The third-order valence-electron chi connectivity index (χ3n) is 7.01. The SMILES string of the molecule is CC1=NC2=C(C(N)=O)N=C[N+]2(O)C=C1CCN1CCC(=C(c2ccc(F)cc2)c2ccc(F)cc2)CC1. The van der Waals surface area contributed by atoms with Gasteiger partial charge in [-0.2, -0.15) is 15.2 Å².